The highest BCUT2D eigenvalue weighted by Crippen LogP contribution is 2.29. The number of anilines is 1. The summed E-state index contributed by atoms with van der Waals surface area (Å²) in [5.74, 6) is 0.819. The van der Waals surface area contributed by atoms with Gasteiger partial charge in [0.2, 0.25) is 0 Å². The molecule has 0 aromatic carbocycles. The zero-order valence-corrected chi connectivity index (χ0v) is 11.9. The Bertz CT molecular complexity index is 620. The number of rotatable bonds is 5. The second kappa shape index (κ2) is 5.87. The summed E-state index contributed by atoms with van der Waals surface area (Å²) in [6.45, 7) is 2.10. The standard InChI is InChI=1S/C11H16N6OS/c1-4-5-7-8(12-2)13-6-14-9(7)19-11-16-15-10(18)17(11)3/h6H,4-5H2,1-3H3,(H,15,18)(H,12,13,14). The third-order valence-electron chi connectivity index (χ3n) is 2.67. The van der Waals surface area contributed by atoms with Crippen molar-refractivity contribution in [2.24, 2.45) is 7.05 Å². The van der Waals surface area contributed by atoms with Gasteiger partial charge in [-0.05, 0) is 18.2 Å². The molecule has 0 bridgehead atoms. The molecule has 2 N–H and O–H groups in total. The van der Waals surface area contributed by atoms with Crippen LogP contribution in [0, 0.1) is 0 Å². The van der Waals surface area contributed by atoms with Crippen LogP contribution in [0.1, 0.15) is 18.9 Å². The average molecular weight is 280 g/mol. The Hall–Kier alpha value is -1.83. The van der Waals surface area contributed by atoms with E-state index in [0.29, 0.717) is 5.16 Å². The van der Waals surface area contributed by atoms with E-state index in [9.17, 15) is 4.79 Å². The molecule has 2 heterocycles. The summed E-state index contributed by atoms with van der Waals surface area (Å²) >= 11 is 1.36. The topological polar surface area (TPSA) is 88.5 Å². The monoisotopic (exact) mass is 280 g/mol. The molecule has 0 saturated heterocycles. The van der Waals surface area contributed by atoms with Crippen LogP contribution in [0.15, 0.2) is 21.3 Å². The minimum absolute atomic E-state index is 0.234. The molecule has 2 rings (SSSR count). The average Bonchev–Trinajstić information content (AvgIpc) is 2.73. The number of H-pyrrole nitrogens is 1. The van der Waals surface area contributed by atoms with Crippen molar-refractivity contribution in [2.45, 2.75) is 29.9 Å². The van der Waals surface area contributed by atoms with E-state index in [1.54, 1.807) is 7.05 Å². The predicted molar refractivity (Wildman–Crippen MR) is 73.5 cm³/mol. The van der Waals surface area contributed by atoms with E-state index < -0.39 is 0 Å². The first-order chi connectivity index (χ1) is 9.17. The minimum Gasteiger partial charge on any atom is -0.373 e. The Kier molecular flexibility index (Phi) is 4.20. The molecule has 0 radical (unpaired) electrons. The molecule has 0 aliphatic rings. The predicted octanol–water partition coefficient (Wildman–Crippen LogP) is 1.04. The van der Waals surface area contributed by atoms with Gasteiger partial charge in [0.05, 0.1) is 0 Å². The Morgan fingerprint density at radius 3 is 2.84 bits per heavy atom. The normalized spacial score (nSPS) is 10.7. The zero-order valence-electron chi connectivity index (χ0n) is 11.1. The van der Waals surface area contributed by atoms with Crippen LogP contribution in [0.25, 0.3) is 0 Å². The molecule has 19 heavy (non-hydrogen) atoms. The summed E-state index contributed by atoms with van der Waals surface area (Å²) in [5.41, 5.74) is 0.815. The van der Waals surface area contributed by atoms with Gasteiger partial charge in [0.25, 0.3) is 0 Å². The molecule has 0 aliphatic carbocycles. The fraction of sp³-hybridized carbons (Fsp3) is 0.455. The first-order valence-corrected chi connectivity index (χ1v) is 6.79. The second-order valence-electron chi connectivity index (χ2n) is 3.98. The SMILES string of the molecule is CCCc1c(NC)ncnc1Sc1n[nH]c(=O)n1C. The molecule has 0 unspecified atom stereocenters. The quantitative estimate of drug-likeness (QED) is 0.796. The number of nitrogens with one attached hydrogen (secondary N) is 2. The lowest BCUT2D eigenvalue weighted by atomic mass is 10.2. The summed E-state index contributed by atoms with van der Waals surface area (Å²) in [7, 11) is 3.51. The second-order valence-corrected chi connectivity index (χ2v) is 4.93. The van der Waals surface area contributed by atoms with Gasteiger partial charge in [0.15, 0.2) is 5.16 Å². The van der Waals surface area contributed by atoms with Crippen molar-refractivity contribution >= 4 is 17.6 Å². The summed E-state index contributed by atoms with van der Waals surface area (Å²) in [6, 6.07) is 0. The van der Waals surface area contributed by atoms with Crippen molar-refractivity contribution in [3.63, 3.8) is 0 Å². The third-order valence-corrected chi connectivity index (χ3v) is 3.76. The van der Waals surface area contributed by atoms with Gasteiger partial charge in [0.1, 0.15) is 17.2 Å². The number of aromatic nitrogens is 5. The van der Waals surface area contributed by atoms with Crippen molar-refractivity contribution in [1.29, 1.82) is 0 Å². The molecule has 0 amide bonds. The van der Waals surface area contributed by atoms with Gasteiger partial charge in [0, 0.05) is 19.7 Å². The fourth-order valence-electron chi connectivity index (χ4n) is 1.69. The molecule has 0 fully saturated rings. The maximum absolute atomic E-state index is 11.4. The number of aromatic amines is 1. The summed E-state index contributed by atoms with van der Waals surface area (Å²) < 4.78 is 1.46. The highest BCUT2D eigenvalue weighted by Gasteiger charge is 2.14. The molecule has 0 aliphatic heterocycles. The molecule has 0 saturated carbocycles. The Labute approximate surface area is 114 Å². The molecule has 8 heteroatoms. The highest BCUT2D eigenvalue weighted by atomic mass is 32.2. The van der Waals surface area contributed by atoms with E-state index in [1.165, 1.54) is 22.7 Å². The molecule has 0 spiro atoms. The molecule has 102 valence electrons. The summed E-state index contributed by atoms with van der Waals surface area (Å²) in [4.78, 5) is 19.9. The smallest absolute Gasteiger partial charge is 0.343 e. The minimum atomic E-state index is -0.234. The van der Waals surface area contributed by atoms with Gasteiger partial charge in [-0.3, -0.25) is 4.57 Å². The van der Waals surface area contributed by atoms with Gasteiger partial charge in [-0.1, -0.05) is 13.3 Å². The Morgan fingerprint density at radius 2 is 2.26 bits per heavy atom. The van der Waals surface area contributed by atoms with Gasteiger partial charge < -0.3 is 5.32 Å². The number of nitrogens with zero attached hydrogens (tertiary/aromatic N) is 4. The third kappa shape index (κ3) is 2.78. The lowest BCUT2D eigenvalue weighted by Gasteiger charge is -2.10. The molecular weight excluding hydrogens is 264 g/mol. The van der Waals surface area contributed by atoms with E-state index in [4.69, 9.17) is 0 Å². The van der Waals surface area contributed by atoms with Crippen LogP contribution in [0.3, 0.4) is 0 Å². The van der Waals surface area contributed by atoms with Gasteiger partial charge in [-0.15, -0.1) is 5.10 Å². The fourth-order valence-corrected chi connectivity index (χ4v) is 2.59. The zero-order chi connectivity index (χ0) is 13.8. The van der Waals surface area contributed by atoms with E-state index >= 15 is 0 Å². The summed E-state index contributed by atoms with van der Waals surface area (Å²) in [5, 5.41) is 10.9. The van der Waals surface area contributed by atoms with Crippen molar-refractivity contribution in [1.82, 2.24) is 24.7 Å². The number of hydrogen-bond acceptors (Lipinski definition) is 6. The highest BCUT2D eigenvalue weighted by molar-refractivity contribution is 7.99. The lowest BCUT2D eigenvalue weighted by molar-refractivity contribution is 0.762. The van der Waals surface area contributed by atoms with Crippen LogP contribution >= 0.6 is 11.8 Å². The molecule has 7 nitrogen and oxygen atoms in total. The first-order valence-electron chi connectivity index (χ1n) is 5.98. The molecule has 0 atom stereocenters. The van der Waals surface area contributed by atoms with Crippen molar-refractivity contribution in [2.75, 3.05) is 12.4 Å². The van der Waals surface area contributed by atoms with E-state index in [1.807, 2.05) is 7.05 Å². The molecule has 2 aromatic rings. The van der Waals surface area contributed by atoms with Crippen LogP contribution < -0.4 is 11.0 Å². The van der Waals surface area contributed by atoms with E-state index in [-0.39, 0.29) is 5.69 Å². The molecular formula is C11H16N6OS. The Balaban J connectivity index is 2.39. The Morgan fingerprint density at radius 1 is 1.47 bits per heavy atom. The van der Waals surface area contributed by atoms with Crippen LogP contribution in [0.5, 0.6) is 0 Å². The van der Waals surface area contributed by atoms with Crippen LogP contribution in [0.4, 0.5) is 5.82 Å². The maximum atomic E-state index is 11.4. The lowest BCUT2D eigenvalue weighted by Crippen LogP contribution is -2.13. The van der Waals surface area contributed by atoms with Crippen molar-refractivity contribution < 1.29 is 0 Å². The van der Waals surface area contributed by atoms with E-state index in [2.05, 4.69) is 32.4 Å². The van der Waals surface area contributed by atoms with Gasteiger partial charge >= 0.3 is 5.69 Å². The van der Waals surface area contributed by atoms with Crippen LogP contribution in [-0.4, -0.2) is 31.8 Å². The van der Waals surface area contributed by atoms with Gasteiger partial charge in [-0.25, -0.2) is 19.9 Å². The van der Waals surface area contributed by atoms with Crippen LogP contribution in [0.2, 0.25) is 0 Å². The summed E-state index contributed by atoms with van der Waals surface area (Å²) in [6.07, 6.45) is 3.38. The van der Waals surface area contributed by atoms with Crippen molar-refractivity contribution in [3.05, 3.63) is 22.4 Å². The van der Waals surface area contributed by atoms with Crippen LogP contribution in [-0.2, 0) is 13.5 Å². The number of hydrogen-bond donors (Lipinski definition) is 2. The van der Waals surface area contributed by atoms with Gasteiger partial charge in [-0.2, -0.15) is 0 Å². The maximum Gasteiger partial charge on any atom is 0.343 e. The largest absolute Gasteiger partial charge is 0.373 e. The first kappa shape index (κ1) is 13.6. The van der Waals surface area contributed by atoms with Crippen molar-refractivity contribution in [3.8, 4) is 0 Å². The molecule has 2 aromatic heterocycles. The van der Waals surface area contributed by atoms with E-state index in [0.717, 1.165) is 29.2 Å².